The van der Waals surface area contributed by atoms with Gasteiger partial charge in [-0.15, -0.1) is 0 Å². The molecule has 1 N–H and O–H groups in total. The fraction of sp³-hybridized carbons (Fsp3) is 0.167. The number of aryl methyl sites for hydroxylation is 2. The normalized spacial score (nSPS) is 11.1. The van der Waals surface area contributed by atoms with Crippen molar-refractivity contribution in [1.82, 2.24) is 19.6 Å². The topological polar surface area (TPSA) is 68.2 Å². The maximum atomic E-state index is 5.58. The van der Waals surface area contributed by atoms with Gasteiger partial charge in [-0.3, -0.25) is 0 Å². The molecule has 6 heteroatoms. The summed E-state index contributed by atoms with van der Waals surface area (Å²) in [5, 5.41) is 7.68. The zero-order valence-electron chi connectivity index (χ0n) is 13.5. The molecule has 0 radical (unpaired) electrons. The summed E-state index contributed by atoms with van der Waals surface area (Å²) < 4.78 is 7.39. The summed E-state index contributed by atoms with van der Waals surface area (Å²) in [5.41, 5.74) is 4.90. The number of nitrogens with zero attached hydrogens (tertiary/aromatic N) is 4. The molecule has 24 heavy (non-hydrogen) atoms. The highest BCUT2D eigenvalue weighted by Gasteiger charge is 2.09. The van der Waals surface area contributed by atoms with Crippen LogP contribution in [0.2, 0.25) is 0 Å². The molecule has 3 aromatic heterocycles. The fourth-order valence-corrected chi connectivity index (χ4v) is 2.57. The van der Waals surface area contributed by atoms with Gasteiger partial charge >= 0.3 is 0 Å². The fourth-order valence-electron chi connectivity index (χ4n) is 2.57. The Kier molecular flexibility index (Phi) is 3.49. The van der Waals surface area contributed by atoms with E-state index in [1.807, 2.05) is 48.0 Å². The van der Waals surface area contributed by atoms with Gasteiger partial charge in [-0.1, -0.05) is 17.7 Å². The summed E-state index contributed by atoms with van der Waals surface area (Å²) in [6, 6.07) is 10.1. The number of anilines is 1. The second-order valence-electron chi connectivity index (χ2n) is 5.75. The van der Waals surface area contributed by atoms with Crippen molar-refractivity contribution in [3.8, 4) is 11.5 Å². The molecule has 0 unspecified atom stereocenters. The molecule has 3 heterocycles. The van der Waals surface area contributed by atoms with Crippen molar-refractivity contribution in [3.05, 3.63) is 65.9 Å². The molecule has 0 saturated carbocycles. The number of aromatic nitrogens is 4. The van der Waals surface area contributed by atoms with Crippen LogP contribution in [0.4, 0.5) is 5.82 Å². The van der Waals surface area contributed by atoms with Gasteiger partial charge in [-0.2, -0.15) is 5.10 Å². The Hall–Kier alpha value is -3.15. The highest BCUT2D eigenvalue weighted by Crippen LogP contribution is 2.20. The number of nitrogens with one attached hydrogen (secondary N) is 1. The van der Waals surface area contributed by atoms with Crippen LogP contribution >= 0.6 is 0 Å². The summed E-state index contributed by atoms with van der Waals surface area (Å²) >= 11 is 0. The van der Waals surface area contributed by atoms with Gasteiger partial charge in [0.25, 0.3) is 0 Å². The first-order valence-electron chi connectivity index (χ1n) is 7.75. The molecule has 0 bridgehead atoms. The average Bonchev–Trinajstić information content (AvgIpc) is 3.19. The maximum Gasteiger partial charge on any atom is 0.226 e. The highest BCUT2D eigenvalue weighted by atomic mass is 16.3. The van der Waals surface area contributed by atoms with Crippen LogP contribution in [0.15, 0.2) is 53.4 Å². The first-order valence-corrected chi connectivity index (χ1v) is 7.75. The number of hydrogen-bond donors (Lipinski definition) is 1. The Bertz CT molecular complexity index is 984. The minimum absolute atomic E-state index is 0.534. The van der Waals surface area contributed by atoms with Crippen LogP contribution in [-0.2, 0) is 6.54 Å². The third-order valence-corrected chi connectivity index (χ3v) is 3.80. The second kappa shape index (κ2) is 5.81. The Morgan fingerprint density at radius 3 is 2.83 bits per heavy atom. The highest BCUT2D eigenvalue weighted by molar-refractivity contribution is 5.67. The van der Waals surface area contributed by atoms with E-state index < -0.39 is 0 Å². The summed E-state index contributed by atoms with van der Waals surface area (Å²) in [4.78, 5) is 8.91. The van der Waals surface area contributed by atoms with Crippen molar-refractivity contribution >= 4 is 11.3 Å². The molecule has 0 aliphatic carbocycles. The van der Waals surface area contributed by atoms with Crippen LogP contribution in [0.5, 0.6) is 0 Å². The predicted molar refractivity (Wildman–Crippen MR) is 91.7 cm³/mol. The molecular weight excluding hydrogens is 302 g/mol. The van der Waals surface area contributed by atoms with E-state index in [-0.39, 0.29) is 0 Å². The molecule has 1 aromatic carbocycles. The molecule has 4 aromatic rings. The molecule has 120 valence electrons. The average molecular weight is 319 g/mol. The predicted octanol–water partition coefficient (Wildman–Crippen LogP) is 3.61. The van der Waals surface area contributed by atoms with Gasteiger partial charge in [0.2, 0.25) is 5.89 Å². The number of benzene rings is 1. The minimum Gasteiger partial charge on any atom is -0.444 e. The lowest BCUT2D eigenvalue weighted by atomic mass is 10.1. The lowest BCUT2D eigenvalue weighted by Gasteiger charge is -2.04. The van der Waals surface area contributed by atoms with Gasteiger partial charge in [-0.25, -0.2) is 14.5 Å². The first kappa shape index (κ1) is 14.4. The van der Waals surface area contributed by atoms with Crippen molar-refractivity contribution in [2.24, 2.45) is 0 Å². The molecule has 0 fully saturated rings. The van der Waals surface area contributed by atoms with E-state index in [0.717, 1.165) is 28.3 Å². The largest absolute Gasteiger partial charge is 0.444 e. The van der Waals surface area contributed by atoms with Crippen LogP contribution in [0, 0.1) is 13.8 Å². The molecular formula is C18H17N5O. The monoisotopic (exact) mass is 319 g/mol. The van der Waals surface area contributed by atoms with Crippen LogP contribution in [0.25, 0.3) is 17.0 Å². The van der Waals surface area contributed by atoms with E-state index in [0.29, 0.717) is 12.4 Å². The Labute approximate surface area is 139 Å². The minimum atomic E-state index is 0.534. The van der Waals surface area contributed by atoms with Crippen LogP contribution in [0.1, 0.15) is 17.0 Å². The third-order valence-electron chi connectivity index (χ3n) is 3.80. The SMILES string of the molecule is Cc1ccc(-c2nc(CNc3nccn4nc(C)cc34)co2)cc1. The van der Waals surface area contributed by atoms with Crippen LogP contribution < -0.4 is 5.32 Å². The first-order chi connectivity index (χ1) is 11.7. The van der Waals surface area contributed by atoms with E-state index >= 15 is 0 Å². The van der Waals surface area contributed by atoms with E-state index in [2.05, 4.69) is 27.3 Å². The molecule has 0 aliphatic rings. The molecule has 0 atom stereocenters. The van der Waals surface area contributed by atoms with Gasteiger partial charge in [0.05, 0.1) is 17.9 Å². The quantitative estimate of drug-likeness (QED) is 0.622. The maximum absolute atomic E-state index is 5.58. The van der Waals surface area contributed by atoms with Crippen LogP contribution in [-0.4, -0.2) is 19.6 Å². The number of hydrogen-bond acceptors (Lipinski definition) is 5. The smallest absolute Gasteiger partial charge is 0.226 e. The van der Waals surface area contributed by atoms with Crippen molar-refractivity contribution < 1.29 is 4.42 Å². The molecule has 0 aliphatic heterocycles. The lowest BCUT2D eigenvalue weighted by Crippen LogP contribution is -2.03. The molecule has 0 amide bonds. The van der Waals surface area contributed by atoms with Gasteiger partial charge in [-0.05, 0) is 32.0 Å². The van der Waals surface area contributed by atoms with Gasteiger partial charge in [0.15, 0.2) is 5.82 Å². The van der Waals surface area contributed by atoms with Gasteiger partial charge in [0.1, 0.15) is 11.8 Å². The number of oxazole rings is 1. The zero-order valence-corrected chi connectivity index (χ0v) is 13.5. The Balaban J connectivity index is 1.53. The molecule has 0 spiro atoms. The Morgan fingerprint density at radius 1 is 1.17 bits per heavy atom. The summed E-state index contributed by atoms with van der Waals surface area (Å²) in [6.45, 7) is 4.55. The van der Waals surface area contributed by atoms with Crippen molar-refractivity contribution in [2.75, 3.05) is 5.32 Å². The zero-order chi connectivity index (χ0) is 16.5. The lowest BCUT2D eigenvalue weighted by molar-refractivity contribution is 0.573. The van der Waals surface area contributed by atoms with Gasteiger partial charge < -0.3 is 9.73 Å². The molecule has 4 rings (SSSR count). The number of rotatable bonds is 4. The summed E-state index contributed by atoms with van der Waals surface area (Å²) in [7, 11) is 0. The van der Waals surface area contributed by atoms with Crippen molar-refractivity contribution in [2.45, 2.75) is 20.4 Å². The Morgan fingerprint density at radius 2 is 2.00 bits per heavy atom. The van der Waals surface area contributed by atoms with Crippen LogP contribution in [0.3, 0.4) is 0 Å². The van der Waals surface area contributed by atoms with Crippen molar-refractivity contribution in [3.63, 3.8) is 0 Å². The van der Waals surface area contributed by atoms with Gasteiger partial charge in [0, 0.05) is 18.0 Å². The second-order valence-corrected chi connectivity index (χ2v) is 5.75. The molecule has 6 nitrogen and oxygen atoms in total. The summed E-state index contributed by atoms with van der Waals surface area (Å²) in [5.74, 6) is 1.40. The number of fused-ring (bicyclic) bond motifs is 1. The van der Waals surface area contributed by atoms with Crippen molar-refractivity contribution in [1.29, 1.82) is 0 Å². The third kappa shape index (κ3) is 2.74. The van der Waals surface area contributed by atoms with E-state index in [9.17, 15) is 0 Å². The summed E-state index contributed by atoms with van der Waals surface area (Å²) in [6.07, 6.45) is 5.23. The van der Waals surface area contributed by atoms with E-state index in [1.165, 1.54) is 5.56 Å². The molecule has 0 saturated heterocycles. The standard InChI is InChI=1S/C18H17N5O/c1-12-3-5-14(6-4-12)18-21-15(11-24-18)10-20-17-16-9-13(2)22-23(16)8-7-19-17/h3-9,11H,10H2,1-2H3,(H,19,20). The van der Waals surface area contributed by atoms with E-state index in [1.54, 1.807) is 12.5 Å². The van der Waals surface area contributed by atoms with E-state index in [4.69, 9.17) is 4.42 Å².